The number of carboxylic acids is 1. The zero-order chi connectivity index (χ0) is 11.9. The normalized spacial score (nSPS) is 20.1. The van der Waals surface area contributed by atoms with Gasteiger partial charge in [0.2, 0.25) is 0 Å². The van der Waals surface area contributed by atoms with E-state index in [1.807, 2.05) is 27.7 Å². The first-order chi connectivity index (χ1) is 6.73. The Hall–Kier alpha value is -0.570. The van der Waals surface area contributed by atoms with Crippen molar-refractivity contribution < 1.29 is 9.90 Å². The van der Waals surface area contributed by atoms with Crippen molar-refractivity contribution in [2.24, 2.45) is 11.3 Å². The molecule has 0 spiro atoms. The van der Waals surface area contributed by atoms with Crippen molar-refractivity contribution in [3.8, 4) is 0 Å². The van der Waals surface area contributed by atoms with Crippen LogP contribution in [0.4, 0.5) is 0 Å². The van der Waals surface area contributed by atoms with Crippen molar-refractivity contribution >= 4 is 5.97 Å². The van der Waals surface area contributed by atoms with Crippen LogP contribution in [0, 0.1) is 11.3 Å². The van der Waals surface area contributed by atoms with Gasteiger partial charge in [0, 0.05) is 18.6 Å². The molecule has 1 aliphatic rings. The molecule has 1 aliphatic heterocycles. The van der Waals surface area contributed by atoms with E-state index in [1.54, 1.807) is 0 Å². The number of aliphatic carboxylic acids is 1. The van der Waals surface area contributed by atoms with Crippen LogP contribution in [0.15, 0.2) is 0 Å². The van der Waals surface area contributed by atoms with Crippen molar-refractivity contribution in [3.05, 3.63) is 0 Å². The molecule has 3 nitrogen and oxygen atoms in total. The molecule has 0 aliphatic carbocycles. The van der Waals surface area contributed by atoms with E-state index < -0.39 is 11.4 Å². The van der Waals surface area contributed by atoms with Crippen molar-refractivity contribution in [2.75, 3.05) is 13.1 Å². The fraction of sp³-hybridized carbons (Fsp3) is 0.917. The van der Waals surface area contributed by atoms with Gasteiger partial charge in [-0.3, -0.25) is 9.69 Å². The zero-order valence-electron chi connectivity index (χ0n) is 10.5. The molecule has 3 heteroatoms. The smallest absolute Gasteiger partial charge is 0.310 e. The Morgan fingerprint density at radius 1 is 1.33 bits per heavy atom. The Balaban J connectivity index is 2.72. The minimum absolute atomic E-state index is 0.273. The van der Waals surface area contributed by atoms with Crippen LogP contribution in [-0.4, -0.2) is 34.6 Å². The van der Waals surface area contributed by atoms with E-state index in [4.69, 9.17) is 0 Å². The van der Waals surface area contributed by atoms with Gasteiger partial charge in [0.25, 0.3) is 0 Å². The summed E-state index contributed by atoms with van der Waals surface area (Å²) >= 11 is 0. The molecule has 0 aromatic rings. The monoisotopic (exact) mass is 213 g/mol. The highest BCUT2D eigenvalue weighted by Gasteiger charge is 2.50. The predicted molar refractivity (Wildman–Crippen MR) is 60.8 cm³/mol. The van der Waals surface area contributed by atoms with Crippen LogP contribution in [0.2, 0.25) is 0 Å². The number of rotatable bonds is 4. The van der Waals surface area contributed by atoms with E-state index in [2.05, 4.69) is 11.8 Å². The third kappa shape index (κ3) is 1.89. The second kappa shape index (κ2) is 3.78. The highest BCUT2D eigenvalue weighted by molar-refractivity contribution is 5.75. The largest absolute Gasteiger partial charge is 0.481 e. The maximum absolute atomic E-state index is 11.2. The fourth-order valence-corrected chi connectivity index (χ4v) is 1.94. The van der Waals surface area contributed by atoms with Gasteiger partial charge in [-0.1, -0.05) is 13.3 Å². The Morgan fingerprint density at radius 3 is 2.13 bits per heavy atom. The third-order valence-corrected chi connectivity index (χ3v) is 4.39. The van der Waals surface area contributed by atoms with Crippen LogP contribution < -0.4 is 0 Å². The summed E-state index contributed by atoms with van der Waals surface area (Å²) in [5.74, 6) is 0.0429. The van der Waals surface area contributed by atoms with E-state index >= 15 is 0 Å². The fourth-order valence-electron chi connectivity index (χ4n) is 1.94. The molecule has 0 unspecified atom stereocenters. The van der Waals surface area contributed by atoms with Crippen LogP contribution in [0.5, 0.6) is 0 Å². The summed E-state index contributed by atoms with van der Waals surface area (Å²) in [6, 6.07) is 0. The lowest BCUT2D eigenvalue weighted by molar-refractivity contribution is -0.160. The summed E-state index contributed by atoms with van der Waals surface area (Å²) < 4.78 is 0. The Bertz CT molecular complexity index is 252. The molecule has 1 N–H and O–H groups in total. The molecule has 0 atom stereocenters. The molecule has 1 fully saturated rings. The Kier molecular flexibility index (Phi) is 3.15. The van der Waals surface area contributed by atoms with Crippen molar-refractivity contribution in [1.82, 2.24) is 4.90 Å². The topological polar surface area (TPSA) is 40.5 Å². The van der Waals surface area contributed by atoms with Crippen LogP contribution in [0.25, 0.3) is 0 Å². The number of likely N-dealkylation sites (tertiary alicyclic amines) is 1. The van der Waals surface area contributed by atoms with Crippen molar-refractivity contribution in [2.45, 2.75) is 46.6 Å². The van der Waals surface area contributed by atoms with E-state index in [9.17, 15) is 9.90 Å². The second-order valence-corrected chi connectivity index (χ2v) is 5.67. The lowest BCUT2D eigenvalue weighted by Crippen LogP contribution is -2.64. The molecule has 1 rings (SSSR count). The molecular weight excluding hydrogens is 190 g/mol. The summed E-state index contributed by atoms with van der Waals surface area (Å²) in [7, 11) is 0. The molecule has 0 radical (unpaired) electrons. The third-order valence-electron chi connectivity index (χ3n) is 4.39. The Morgan fingerprint density at radius 2 is 1.80 bits per heavy atom. The summed E-state index contributed by atoms with van der Waals surface area (Å²) in [5, 5.41) is 9.24. The van der Waals surface area contributed by atoms with Crippen LogP contribution in [-0.2, 0) is 4.79 Å². The second-order valence-electron chi connectivity index (χ2n) is 5.67. The molecule has 15 heavy (non-hydrogen) atoms. The molecule has 1 heterocycles. The van der Waals surface area contributed by atoms with Crippen molar-refractivity contribution in [1.29, 1.82) is 0 Å². The maximum atomic E-state index is 11.2. The van der Waals surface area contributed by atoms with Gasteiger partial charge in [0.15, 0.2) is 0 Å². The molecule has 0 saturated carbocycles. The lowest BCUT2D eigenvalue weighted by atomic mass is 9.71. The molecule has 0 bridgehead atoms. The van der Waals surface area contributed by atoms with Gasteiger partial charge in [0.05, 0.1) is 5.41 Å². The van der Waals surface area contributed by atoms with Crippen molar-refractivity contribution in [3.63, 3.8) is 0 Å². The van der Waals surface area contributed by atoms with Gasteiger partial charge < -0.3 is 5.11 Å². The highest BCUT2D eigenvalue weighted by Crippen LogP contribution is 2.40. The van der Waals surface area contributed by atoms with Crippen LogP contribution in [0.1, 0.15) is 41.0 Å². The molecular formula is C12H23NO2. The van der Waals surface area contributed by atoms with Gasteiger partial charge in [-0.05, 0) is 33.6 Å². The first-order valence-corrected chi connectivity index (χ1v) is 5.72. The van der Waals surface area contributed by atoms with Crippen LogP contribution in [0.3, 0.4) is 0 Å². The number of hydrogen-bond acceptors (Lipinski definition) is 2. The first-order valence-electron chi connectivity index (χ1n) is 5.72. The molecule has 0 aromatic heterocycles. The minimum Gasteiger partial charge on any atom is -0.481 e. The standard InChI is InChI=1S/C12H23NO2/c1-6-9-7-13(8-9)12(4,5)11(2,3)10(14)15/h9H,6-8H2,1-5H3,(H,14,15). The lowest BCUT2D eigenvalue weighted by Gasteiger charge is -2.54. The summed E-state index contributed by atoms with van der Waals surface area (Å²) in [5.41, 5.74) is -0.976. The summed E-state index contributed by atoms with van der Waals surface area (Å²) in [6.45, 7) is 12.0. The SMILES string of the molecule is CCC1CN(C(C)(C)C(C)(C)C(=O)O)C1. The number of hydrogen-bond donors (Lipinski definition) is 1. The number of carbonyl (C=O) groups is 1. The average molecular weight is 213 g/mol. The Labute approximate surface area is 92.5 Å². The van der Waals surface area contributed by atoms with E-state index in [1.165, 1.54) is 6.42 Å². The van der Waals surface area contributed by atoms with E-state index in [0.717, 1.165) is 19.0 Å². The quantitative estimate of drug-likeness (QED) is 0.778. The van der Waals surface area contributed by atoms with Gasteiger partial charge in [0.1, 0.15) is 0 Å². The average Bonchev–Trinajstić information content (AvgIpc) is 2.00. The summed E-state index contributed by atoms with van der Waals surface area (Å²) in [4.78, 5) is 13.5. The van der Waals surface area contributed by atoms with E-state index in [0.29, 0.717) is 0 Å². The van der Waals surface area contributed by atoms with Crippen LogP contribution >= 0.6 is 0 Å². The first kappa shape index (κ1) is 12.5. The predicted octanol–water partition coefficient (Wildman–Crippen LogP) is 2.22. The number of carboxylic acid groups (broad SMARTS) is 1. The molecule has 88 valence electrons. The van der Waals surface area contributed by atoms with Gasteiger partial charge >= 0.3 is 5.97 Å². The number of nitrogens with zero attached hydrogens (tertiary/aromatic N) is 1. The summed E-state index contributed by atoms with van der Waals surface area (Å²) in [6.07, 6.45) is 1.19. The maximum Gasteiger partial charge on any atom is 0.310 e. The molecule has 1 saturated heterocycles. The zero-order valence-corrected chi connectivity index (χ0v) is 10.5. The van der Waals surface area contributed by atoms with Gasteiger partial charge in [-0.2, -0.15) is 0 Å². The molecule has 0 amide bonds. The van der Waals surface area contributed by atoms with Gasteiger partial charge in [-0.25, -0.2) is 0 Å². The minimum atomic E-state index is -0.715. The van der Waals surface area contributed by atoms with E-state index in [-0.39, 0.29) is 5.54 Å². The molecule has 0 aromatic carbocycles. The highest BCUT2D eigenvalue weighted by atomic mass is 16.4. The van der Waals surface area contributed by atoms with Gasteiger partial charge in [-0.15, -0.1) is 0 Å².